The first-order chi connectivity index (χ1) is 15.3. The summed E-state index contributed by atoms with van der Waals surface area (Å²) >= 11 is 0. The first kappa shape index (κ1) is 21.5. The number of hydrogen-bond acceptors (Lipinski definition) is 7. The molecule has 0 spiro atoms. The Hall–Kier alpha value is -3.76. The van der Waals surface area contributed by atoms with E-state index in [-0.39, 0.29) is 35.0 Å². The van der Waals surface area contributed by atoms with Gasteiger partial charge in [0.25, 0.3) is 5.91 Å². The second-order valence-corrected chi connectivity index (χ2v) is 7.95. The maximum atomic E-state index is 13.4. The van der Waals surface area contributed by atoms with Crippen molar-refractivity contribution in [2.75, 3.05) is 25.1 Å². The summed E-state index contributed by atoms with van der Waals surface area (Å²) in [4.78, 5) is 34.7. The van der Waals surface area contributed by atoms with Crippen molar-refractivity contribution in [3.63, 3.8) is 0 Å². The van der Waals surface area contributed by atoms with Crippen molar-refractivity contribution in [2.24, 2.45) is 5.92 Å². The van der Waals surface area contributed by atoms with Crippen molar-refractivity contribution in [1.29, 1.82) is 0 Å². The van der Waals surface area contributed by atoms with E-state index in [1.807, 2.05) is 0 Å². The van der Waals surface area contributed by atoms with Gasteiger partial charge in [0.05, 0.1) is 24.7 Å². The minimum absolute atomic E-state index is 0.0115. The van der Waals surface area contributed by atoms with Crippen LogP contribution in [0.1, 0.15) is 36.0 Å². The van der Waals surface area contributed by atoms with Crippen molar-refractivity contribution < 1.29 is 18.7 Å². The van der Waals surface area contributed by atoms with E-state index in [1.165, 1.54) is 6.20 Å². The highest BCUT2D eigenvalue weighted by molar-refractivity contribution is 6.11. The molecule has 0 radical (unpaired) electrons. The van der Waals surface area contributed by atoms with Gasteiger partial charge in [0.1, 0.15) is 17.0 Å². The standard InChI is InChI=1S/C21H24FN7O3/c1-28(2)21(31)12-3-5-14(6-4-12)32-16-7-8-24-10-15(16)26-20(30)17-18(23)27-29-11-13(22)9-25-19(17)29/h7-12,14H,3-6H2,1-2H3,(H2,23,27)(H,26,30). The van der Waals surface area contributed by atoms with Gasteiger partial charge in [0, 0.05) is 32.3 Å². The molecule has 3 aromatic heterocycles. The van der Waals surface area contributed by atoms with E-state index >= 15 is 0 Å². The van der Waals surface area contributed by atoms with Crippen LogP contribution in [0.15, 0.2) is 30.9 Å². The van der Waals surface area contributed by atoms with Crippen LogP contribution < -0.4 is 15.8 Å². The van der Waals surface area contributed by atoms with E-state index in [9.17, 15) is 14.0 Å². The van der Waals surface area contributed by atoms with Gasteiger partial charge in [-0.25, -0.2) is 13.9 Å². The topological polar surface area (TPSA) is 128 Å². The fourth-order valence-electron chi connectivity index (χ4n) is 3.88. The summed E-state index contributed by atoms with van der Waals surface area (Å²) in [6.07, 6.45) is 8.00. The van der Waals surface area contributed by atoms with Crippen LogP contribution in [0.2, 0.25) is 0 Å². The molecule has 168 valence electrons. The van der Waals surface area contributed by atoms with E-state index in [0.717, 1.165) is 42.6 Å². The Morgan fingerprint density at radius 2 is 2.00 bits per heavy atom. The zero-order valence-corrected chi connectivity index (χ0v) is 17.8. The third kappa shape index (κ3) is 4.32. The summed E-state index contributed by atoms with van der Waals surface area (Å²) in [6.45, 7) is 0. The van der Waals surface area contributed by atoms with Gasteiger partial charge in [-0.15, -0.1) is 5.10 Å². The maximum Gasteiger partial charge on any atom is 0.263 e. The number of aromatic nitrogens is 4. The number of nitrogens with two attached hydrogens (primary N) is 1. The number of amides is 2. The third-order valence-corrected chi connectivity index (χ3v) is 5.48. The molecule has 4 rings (SSSR count). The molecule has 10 nitrogen and oxygen atoms in total. The van der Waals surface area contributed by atoms with Crippen molar-refractivity contribution in [3.8, 4) is 5.75 Å². The Morgan fingerprint density at radius 3 is 2.72 bits per heavy atom. The van der Waals surface area contributed by atoms with Crippen LogP contribution in [0.25, 0.3) is 5.65 Å². The number of hydrogen-bond donors (Lipinski definition) is 2. The zero-order valence-electron chi connectivity index (χ0n) is 17.8. The molecule has 1 fully saturated rings. The fraction of sp³-hybridized carbons (Fsp3) is 0.381. The van der Waals surface area contributed by atoms with Crippen LogP contribution in [0.3, 0.4) is 0 Å². The smallest absolute Gasteiger partial charge is 0.263 e. The lowest BCUT2D eigenvalue weighted by molar-refractivity contribution is -0.134. The molecule has 3 heterocycles. The number of carbonyl (C=O) groups excluding carboxylic acids is 2. The fourth-order valence-corrected chi connectivity index (χ4v) is 3.88. The molecular weight excluding hydrogens is 417 g/mol. The van der Waals surface area contributed by atoms with Gasteiger partial charge < -0.3 is 20.7 Å². The van der Waals surface area contributed by atoms with Crippen molar-refractivity contribution >= 4 is 29.0 Å². The van der Waals surface area contributed by atoms with Crippen LogP contribution in [-0.4, -0.2) is 56.5 Å². The minimum Gasteiger partial charge on any atom is -0.488 e. The molecule has 1 aliphatic carbocycles. The predicted octanol–water partition coefficient (Wildman–Crippen LogP) is 2.12. The lowest BCUT2D eigenvalue weighted by Gasteiger charge is -2.30. The predicted molar refractivity (Wildman–Crippen MR) is 115 cm³/mol. The number of nitrogen functional groups attached to an aromatic ring is 1. The molecule has 0 aliphatic heterocycles. The number of fused-ring (bicyclic) bond motifs is 1. The molecule has 1 saturated carbocycles. The van der Waals surface area contributed by atoms with Gasteiger partial charge in [-0.1, -0.05) is 0 Å². The van der Waals surface area contributed by atoms with Gasteiger partial charge in [-0.3, -0.25) is 14.6 Å². The number of halogens is 1. The monoisotopic (exact) mass is 441 g/mol. The quantitative estimate of drug-likeness (QED) is 0.621. The second-order valence-electron chi connectivity index (χ2n) is 7.95. The molecule has 0 bridgehead atoms. The minimum atomic E-state index is -0.600. The normalized spacial score (nSPS) is 18.3. The van der Waals surface area contributed by atoms with Crippen LogP contribution in [0, 0.1) is 11.7 Å². The molecule has 0 saturated heterocycles. The van der Waals surface area contributed by atoms with Gasteiger partial charge >= 0.3 is 0 Å². The Labute approximate surface area is 183 Å². The number of ether oxygens (including phenoxy) is 1. The molecule has 2 amide bonds. The second kappa shape index (κ2) is 8.77. The Kier molecular flexibility index (Phi) is 5.89. The Morgan fingerprint density at radius 1 is 1.25 bits per heavy atom. The number of anilines is 2. The average Bonchev–Trinajstić information content (AvgIpc) is 3.09. The zero-order chi connectivity index (χ0) is 22.8. The third-order valence-electron chi connectivity index (χ3n) is 5.48. The van der Waals surface area contributed by atoms with Crippen LogP contribution in [-0.2, 0) is 4.79 Å². The average molecular weight is 441 g/mol. The van der Waals surface area contributed by atoms with Gasteiger partial charge in [0.2, 0.25) is 5.91 Å². The summed E-state index contributed by atoms with van der Waals surface area (Å²) < 4.78 is 20.6. The summed E-state index contributed by atoms with van der Waals surface area (Å²) in [5.41, 5.74) is 6.40. The lowest BCUT2D eigenvalue weighted by Crippen LogP contribution is -2.34. The van der Waals surface area contributed by atoms with E-state index in [1.54, 1.807) is 31.3 Å². The Balaban J connectivity index is 1.47. The first-order valence-corrected chi connectivity index (χ1v) is 10.3. The van der Waals surface area contributed by atoms with Gasteiger partial charge in [-0.05, 0) is 25.7 Å². The van der Waals surface area contributed by atoms with Crippen molar-refractivity contribution in [3.05, 3.63) is 42.2 Å². The number of nitrogens with one attached hydrogen (secondary N) is 1. The molecular formula is C21H24FN7O3. The highest BCUT2D eigenvalue weighted by atomic mass is 19.1. The molecule has 0 aromatic carbocycles. The first-order valence-electron chi connectivity index (χ1n) is 10.3. The molecule has 32 heavy (non-hydrogen) atoms. The summed E-state index contributed by atoms with van der Waals surface area (Å²) in [7, 11) is 3.53. The van der Waals surface area contributed by atoms with Crippen molar-refractivity contribution in [1.82, 2.24) is 24.5 Å². The van der Waals surface area contributed by atoms with Crippen LogP contribution in [0.5, 0.6) is 5.75 Å². The highest BCUT2D eigenvalue weighted by Gasteiger charge is 2.29. The van der Waals surface area contributed by atoms with E-state index in [0.29, 0.717) is 11.4 Å². The molecule has 0 atom stereocenters. The van der Waals surface area contributed by atoms with Gasteiger partial charge in [-0.2, -0.15) is 0 Å². The van der Waals surface area contributed by atoms with Gasteiger partial charge in [0.15, 0.2) is 17.3 Å². The number of rotatable bonds is 5. The van der Waals surface area contributed by atoms with E-state index in [2.05, 4.69) is 20.4 Å². The highest BCUT2D eigenvalue weighted by Crippen LogP contribution is 2.32. The van der Waals surface area contributed by atoms with Crippen molar-refractivity contribution in [2.45, 2.75) is 31.8 Å². The van der Waals surface area contributed by atoms with Crippen LogP contribution >= 0.6 is 0 Å². The number of pyridine rings is 1. The summed E-state index contributed by atoms with van der Waals surface area (Å²) in [5, 5.41) is 6.68. The molecule has 0 unspecified atom stereocenters. The molecule has 3 aromatic rings. The SMILES string of the molecule is CN(C)C(=O)C1CCC(Oc2ccncc2NC(=O)c2c(N)nn3cc(F)cnc23)CC1. The maximum absolute atomic E-state index is 13.4. The molecule has 1 aliphatic rings. The summed E-state index contributed by atoms with van der Waals surface area (Å²) in [5.74, 6) is -0.621. The lowest BCUT2D eigenvalue weighted by atomic mass is 9.86. The summed E-state index contributed by atoms with van der Waals surface area (Å²) in [6, 6.07) is 1.67. The number of carbonyl (C=O) groups is 2. The van der Waals surface area contributed by atoms with Crippen LogP contribution in [0.4, 0.5) is 15.9 Å². The van der Waals surface area contributed by atoms with E-state index in [4.69, 9.17) is 10.5 Å². The Bertz CT molecular complexity index is 1160. The van der Waals surface area contributed by atoms with E-state index < -0.39 is 11.7 Å². The number of nitrogens with zero attached hydrogens (tertiary/aromatic N) is 5. The molecule has 3 N–H and O–H groups in total. The largest absolute Gasteiger partial charge is 0.488 e. The molecule has 11 heteroatoms.